The first-order valence-corrected chi connectivity index (χ1v) is 6.15. The van der Waals surface area contributed by atoms with Gasteiger partial charge in [0.15, 0.2) is 0 Å². The van der Waals surface area contributed by atoms with Crippen molar-refractivity contribution in [1.82, 2.24) is 4.57 Å². The number of para-hydroxylation sites is 1. The molecule has 94 valence electrons. The smallest absolute Gasteiger partial charge is 0.231 e. The van der Waals surface area contributed by atoms with Gasteiger partial charge in [-0.1, -0.05) is 18.2 Å². The minimum atomic E-state index is 0.105. The summed E-state index contributed by atoms with van der Waals surface area (Å²) in [5, 5.41) is 0.952. The number of nitrogens with zero attached hydrogens (tertiary/aromatic N) is 1. The van der Waals surface area contributed by atoms with Crippen LogP contribution >= 0.6 is 0 Å². The Bertz CT molecular complexity index is 612. The maximum atomic E-state index is 12.3. The largest absolute Gasteiger partial charge is 0.397 e. The number of anilines is 1. The molecule has 2 heterocycles. The second kappa shape index (κ2) is 4.14. The molecule has 4 nitrogen and oxygen atoms in total. The Hall–Kier alpha value is -1.81. The number of ether oxygens (including phenoxy) is 1. The van der Waals surface area contributed by atoms with E-state index in [2.05, 4.69) is 0 Å². The molecule has 18 heavy (non-hydrogen) atoms. The van der Waals surface area contributed by atoms with Crippen molar-refractivity contribution in [3.63, 3.8) is 0 Å². The van der Waals surface area contributed by atoms with Crippen LogP contribution in [0.25, 0.3) is 10.9 Å². The van der Waals surface area contributed by atoms with Gasteiger partial charge in [-0.3, -0.25) is 9.36 Å². The van der Waals surface area contributed by atoms with E-state index in [0.717, 1.165) is 16.6 Å². The van der Waals surface area contributed by atoms with Gasteiger partial charge in [-0.05, 0) is 13.0 Å². The van der Waals surface area contributed by atoms with E-state index in [9.17, 15) is 4.79 Å². The Balaban J connectivity index is 2.04. The molecule has 1 aliphatic rings. The molecule has 0 bridgehead atoms. The highest BCUT2D eigenvalue weighted by atomic mass is 16.5. The second-order valence-corrected chi connectivity index (χ2v) is 4.85. The summed E-state index contributed by atoms with van der Waals surface area (Å²) in [5.41, 5.74) is 8.49. The second-order valence-electron chi connectivity index (χ2n) is 4.85. The van der Waals surface area contributed by atoms with Crippen LogP contribution in [0.2, 0.25) is 0 Å². The van der Waals surface area contributed by atoms with Crippen molar-refractivity contribution < 1.29 is 9.53 Å². The van der Waals surface area contributed by atoms with E-state index < -0.39 is 0 Å². The third kappa shape index (κ3) is 1.61. The number of nitrogen functional groups attached to an aromatic ring is 1. The third-order valence-corrected chi connectivity index (χ3v) is 3.58. The number of hydrogen-bond donors (Lipinski definition) is 1. The molecule has 0 amide bonds. The van der Waals surface area contributed by atoms with Gasteiger partial charge >= 0.3 is 0 Å². The Morgan fingerprint density at radius 2 is 2.17 bits per heavy atom. The van der Waals surface area contributed by atoms with E-state index in [1.54, 1.807) is 4.57 Å². The molecule has 1 aromatic carbocycles. The highest BCUT2D eigenvalue weighted by molar-refractivity contribution is 6.01. The van der Waals surface area contributed by atoms with Gasteiger partial charge < -0.3 is 10.5 Å². The topological polar surface area (TPSA) is 57.2 Å². The Kier molecular flexibility index (Phi) is 2.59. The number of carbonyl (C=O) groups excluding carboxylic acids is 1. The van der Waals surface area contributed by atoms with Crippen LogP contribution in [0.5, 0.6) is 0 Å². The van der Waals surface area contributed by atoms with E-state index in [1.165, 1.54) is 0 Å². The monoisotopic (exact) mass is 244 g/mol. The summed E-state index contributed by atoms with van der Waals surface area (Å²) in [6.45, 7) is 3.28. The van der Waals surface area contributed by atoms with Crippen molar-refractivity contribution in [2.45, 2.75) is 13.3 Å². The summed E-state index contributed by atoms with van der Waals surface area (Å²) >= 11 is 0. The van der Waals surface area contributed by atoms with Crippen LogP contribution in [0, 0.1) is 12.8 Å². The first-order chi connectivity index (χ1) is 8.68. The minimum absolute atomic E-state index is 0.105. The SMILES string of the molecule is Cc1c(N)c2ccccc2n1C(=O)CC1COC1. The van der Waals surface area contributed by atoms with Crippen LogP contribution in [0.4, 0.5) is 5.69 Å². The van der Waals surface area contributed by atoms with Gasteiger partial charge in [-0.25, -0.2) is 0 Å². The molecule has 0 aliphatic carbocycles. The molecule has 4 heteroatoms. The Morgan fingerprint density at radius 1 is 1.44 bits per heavy atom. The number of aromatic nitrogens is 1. The highest BCUT2D eigenvalue weighted by Crippen LogP contribution is 2.29. The van der Waals surface area contributed by atoms with Gasteiger partial charge in [-0.15, -0.1) is 0 Å². The molecular formula is C14H16N2O2. The standard InChI is InChI=1S/C14H16N2O2/c1-9-14(15)11-4-2-3-5-12(11)16(9)13(17)6-10-7-18-8-10/h2-5,10H,6-8,15H2,1H3. The number of rotatable bonds is 2. The maximum absolute atomic E-state index is 12.3. The lowest BCUT2D eigenvalue weighted by Gasteiger charge is -2.25. The summed E-state index contributed by atoms with van der Waals surface area (Å²) in [6.07, 6.45) is 0.527. The Labute approximate surface area is 105 Å². The lowest BCUT2D eigenvalue weighted by Crippen LogP contribution is -2.31. The molecule has 1 saturated heterocycles. The predicted molar refractivity (Wildman–Crippen MR) is 70.6 cm³/mol. The first kappa shape index (κ1) is 11.3. The molecule has 3 rings (SSSR count). The number of nitrogens with two attached hydrogens (primary N) is 1. The van der Waals surface area contributed by atoms with Crippen LogP contribution in [0.15, 0.2) is 24.3 Å². The van der Waals surface area contributed by atoms with Crippen molar-refractivity contribution in [3.05, 3.63) is 30.0 Å². The molecule has 1 aromatic heterocycles. The average Bonchev–Trinajstić information content (AvgIpc) is 2.58. The van der Waals surface area contributed by atoms with Crippen LogP contribution in [0.1, 0.15) is 16.9 Å². The van der Waals surface area contributed by atoms with Crippen molar-refractivity contribution in [1.29, 1.82) is 0 Å². The van der Waals surface area contributed by atoms with Crippen LogP contribution in [-0.4, -0.2) is 23.7 Å². The summed E-state index contributed by atoms with van der Waals surface area (Å²) in [5.74, 6) is 0.466. The number of carbonyl (C=O) groups is 1. The molecular weight excluding hydrogens is 228 g/mol. The molecule has 2 aromatic rings. The van der Waals surface area contributed by atoms with Gasteiger partial charge in [0.25, 0.3) is 0 Å². The number of fused-ring (bicyclic) bond motifs is 1. The molecule has 0 unspecified atom stereocenters. The molecule has 0 spiro atoms. The quantitative estimate of drug-likeness (QED) is 0.881. The van der Waals surface area contributed by atoms with Gasteiger partial charge in [0, 0.05) is 23.4 Å². The third-order valence-electron chi connectivity index (χ3n) is 3.58. The van der Waals surface area contributed by atoms with Crippen LogP contribution in [0.3, 0.4) is 0 Å². The lowest BCUT2D eigenvalue weighted by molar-refractivity contribution is -0.0332. The first-order valence-electron chi connectivity index (χ1n) is 6.15. The lowest BCUT2D eigenvalue weighted by atomic mass is 10.0. The fraction of sp³-hybridized carbons (Fsp3) is 0.357. The zero-order valence-corrected chi connectivity index (χ0v) is 10.3. The van der Waals surface area contributed by atoms with Crippen molar-refractivity contribution in [3.8, 4) is 0 Å². The molecule has 0 radical (unpaired) electrons. The van der Waals surface area contributed by atoms with Gasteiger partial charge in [0.05, 0.1) is 24.4 Å². The molecule has 1 aliphatic heterocycles. The van der Waals surface area contributed by atoms with Crippen molar-refractivity contribution in [2.75, 3.05) is 18.9 Å². The summed E-state index contributed by atoms with van der Waals surface area (Å²) in [7, 11) is 0. The average molecular weight is 244 g/mol. The Morgan fingerprint density at radius 3 is 2.83 bits per heavy atom. The zero-order valence-electron chi connectivity index (χ0n) is 10.3. The van der Waals surface area contributed by atoms with Crippen LogP contribution in [-0.2, 0) is 4.74 Å². The highest BCUT2D eigenvalue weighted by Gasteiger charge is 2.24. The van der Waals surface area contributed by atoms with Crippen molar-refractivity contribution >= 4 is 22.5 Å². The van der Waals surface area contributed by atoms with Gasteiger partial charge in [-0.2, -0.15) is 0 Å². The van der Waals surface area contributed by atoms with E-state index in [-0.39, 0.29) is 5.91 Å². The van der Waals surface area contributed by atoms with Crippen LogP contribution < -0.4 is 5.73 Å². The molecule has 2 N–H and O–H groups in total. The van der Waals surface area contributed by atoms with E-state index in [0.29, 0.717) is 31.2 Å². The maximum Gasteiger partial charge on any atom is 0.231 e. The predicted octanol–water partition coefficient (Wildman–Crippen LogP) is 2.21. The zero-order chi connectivity index (χ0) is 12.7. The number of hydrogen-bond acceptors (Lipinski definition) is 3. The van der Waals surface area contributed by atoms with E-state index in [4.69, 9.17) is 10.5 Å². The molecule has 0 saturated carbocycles. The summed E-state index contributed by atoms with van der Waals surface area (Å²) < 4.78 is 6.85. The summed E-state index contributed by atoms with van der Waals surface area (Å²) in [4.78, 5) is 12.3. The van der Waals surface area contributed by atoms with E-state index in [1.807, 2.05) is 31.2 Å². The van der Waals surface area contributed by atoms with Gasteiger partial charge in [0.2, 0.25) is 5.91 Å². The van der Waals surface area contributed by atoms with E-state index >= 15 is 0 Å². The summed E-state index contributed by atoms with van der Waals surface area (Å²) in [6, 6.07) is 7.76. The van der Waals surface area contributed by atoms with Crippen molar-refractivity contribution in [2.24, 2.45) is 5.92 Å². The minimum Gasteiger partial charge on any atom is -0.397 e. The molecule has 0 atom stereocenters. The molecule has 1 fully saturated rings. The van der Waals surface area contributed by atoms with Gasteiger partial charge in [0.1, 0.15) is 0 Å². The number of benzene rings is 1. The fourth-order valence-corrected chi connectivity index (χ4v) is 2.45. The normalized spacial score (nSPS) is 15.8. The fourth-order valence-electron chi connectivity index (χ4n) is 2.45.